The third kappa shape index (κ3) is 7.31. The van der Waals surface area contributed by atoms with Gasteiger partial charge < -0.3 is 32.4 Å². The molecule has 30 heavy (non-hydrogen) atoms. The molecule has 0 unspecified atom stereocenters. The monoisotopic (exact) mass is 433 g/mol. The molecule has 0 bridgehead atoms. The molecule has 1 heterocycles. The molecule has 0 spiro atoms. The lowest BCUT2D eigenvalue weighted by Crippen LogP contribution is -3.00. The Labute approximate surface area is 185 Å². The number of hydrogen-bond donors (Lipinski definition) is 1. The number of aryl methyl sites for hydroxylation is 1. The van der Waals surface area contributed by atoms with Crippen LogP contribution < -0.4 is 22.9 Å². The van der Waals surface area contributed by atoms with Crippen LogP contribution in [-0.4, -0.2) is 36.9 Å². The van der Waals surface area contributed by atoms with E-state index in [-0.39, 0.29) is 36.6 Å². The molecule has 1 aliphatic heterocycles. The fraction of sp³-hybridized carbons (Fsp3) is 0.458. The number of carbonyl (C=O) groups is 1. The third-order valence-corrected chi connectivity index (χ3v) is 5.30. The maximum absolute atomic E-state index is 12.3. The normalized spacial score (nSPS) is 24.5. The number of para-hydroxylation sites is 1. The molecule has 3 N–H and O–H groups in total. The molecule has 0 amide bonds. The third-order valence-electron chi connectivity index (χ3n) is 5.30. The number of ether oxygens (including phenoxy) is 3. The SMILES string of the molecule is C[C@@H]1OC(=O)[C@@H]([NH3+])CCC[C@H](Oc2ccccc2)[C@H]1OCCCc1ccccc1.[Cl-]. The molecule has 164 valence electrons. The molecule has 6 heteroatoms. The Hall–Kier alpha value is -2.08. The van der Waals surface area contributed by atoms with Crippen LogP contribution in [0.1, 0.15) is 38.2 Å². The summed E-state index contributed by atoms with van der Waals surface area (Å²) in [5.74, 6) is 0.551. The Kier molecular flexibility index (Phi) is 10.1. The number of carbonyl (C=O) groups excluding carboxylic acids is 1. The van der Waals surface area contributed by atoms with Crippen LogP contribution in [0.25, 0.3) is 0 Å². The van der Waals surface area contributed by atoms with Crippen LogP contribution in [-0.2, 0) is 20.7 Å². The van der Waals surface area contributed by atoms with Gasteiger partial charge in [-0.05, 0) is 50.3 Å². The van der Waals surface area contributed by atoms with E-state index in [0.29, 0.717) is 13.0 Å². The summed E-state index contributed by atoms with van der Waals surface area (Å²) < 4.78 is 18.2. The lowest BCUT2D eigenvalue weighted by molar-refractivity contribution is -0.410. The topological polar surface area (TPSA) is 72.4 Å². The second kappa shape index (κ2) is 12.6. The number of quaternary nitrogens is 1. The smallest absolute Gasteiger partial charge is 0.365 e. The Balaban J connectivity index is 0.00000320. The lowest BCUT2D eigenvalue weighted by Gasteiger charge is -2.31. The van der Waals surface area contributed by atoms with Crippen LogP contribution in [0.15, 0.2) is 60.7 Å². The quantitative estimate of drug-likeness (QED) is 0.499. The number of esters is 1. The predicted octanol–water partition coefficient (Wildman–Crippen LogP) is 0.182. The highest BCUT2D eigenvalue weighted by Crippen LogP contribution is 2.23. The Bertz CT molecular complexity index is 743. The van der Waals surface area contributed by atoms with Crippen molar-refractivity contribution < 1.29 is 37.1 Å². The zero-order valence-corrected chi connectivity index (χ0v) is 18.3. The lowest BCUT2D eigenvalue weighted by atomic mass is 10.0. The van der Waals surface area contributed by atoms with E-state index in [1.165, 1.54) is 5.56 Å². The molecular formula is C24H32ClNO4. The van der Waals surface area contributed by atoms with Gasteiger partial charge in [0.25, 0.3) is 0 Å². The van der Waals surface area contributed by atoms with E-state index >= 15 is 0 Å². The maximum atomic E-state index is 12.3. The Morgan fingerprint density at radius 1 is 1.03 bits per heavy atom. The van der Waals surface area contributed by atoms with Crippen molar-refractivity contribution in [2.45, 2.75) is 63.4 Å². The van der Waals surface area contributed by atoms with Crippen LogP contribution in [0.5, 0.6) is 5.75 Å². The molecule has 4 atom stereocenters. The summed E-state index contributed by atoms with van der Waals surface area (Å²) in [7, 11) is 0. The number of cyclic esters (lactones) is 1. The van der Waals surface area contributed by atoms with E-state index in [1.807, 2.05) is 43.3 Å². The largest absolute Gasteiger partial charge is 1.00 e. The van der Waals surface area contributed by atoms with Gasteiger partial charge in [0.1, 0.15) is 24.1 Å². The van der Waals surface area contributed by atoms with Gasteiger partial charge in [-0.1, -0.05) is 48.5 Å². The molecule has 1 saturated heterocycles. The van der Waals surface area contributed by atoms with Crippen molar-refractivity contribution in [2.75, 3.05) is 6.61 Å². The van der Waals surface area contributed by atoms with Gasteiger partial charge in [0.05, 0.1) is 0 Å². The molecular weight excluding hydrogens is 402 g/mol. The van der Waals surface area contributed by atoms with E-state index in [1.54, 1.807) is 0 Å². The molecule has 1 aliphatic rings. The summed E-state index contributed by atoms with van der Waals surface area (Å²) in [6, 6.07) is 19.8. The van der Waals surface area contributed by atoms with E-state index < -0.39 is 6.10 Å². The van der Waals surface area contributed by atoms with Gasteiger partial charge in [0, 0.05) is 13.0 Å². The second-order valence-corrected chi connectivity index (χ2v) is 7.66. The van der Waals surface area contributed by atoms with Crippen LogP contribution >= 0.6 is 0 Å². The van der Waals surface area contributed by atoms with Crippen molar-refractivity contribution in [3.63, 3.8) is 0 Å². The fourth-order valence-corrected chi connectivity index (χ4v) is 3.68. The van der Waals surface area contributed by atoms with Crippen LogP contribution in [0.2, 0.25) is 0 Å². The summed E-state index contributed by atoms with van der Waals surface area (Å²) in [4.78, 5) is 12.3. The highest BCUT2D eigenvalue weighted by Gasteiger charge is 2.35. The molecule has 0 radical (unpaired) electrons. The molecule has 5 nitrogen and oxygen atoms in total. The predicted molar refractivity (Wildman–Crippen MR) is 111 cm³/mol. The average molecular weight is 434 g/mol. The van der Waals surface area contributed by atoms with Crippen molar-refractivity contribution in [2.24, 2.45) is 0 Å². The van der Waals surface area contributed by atoms with Crippen molar-refractivity contribution in [1.29, 1.82) is 0 Å². The molecule has 2 aromatic rings. The first-order chi connectivity index (χ1) is 14.1. The van der Waals surface area contributed by atoms with Crippen molar-refractivity contribution >= 4 is 5.97 Å². The number of hydrogen-bond acceptors (Lipinski definition) is 4. The summed E-state index contributed by atoms with van der Waals surface area (Å²) in [6.45, 7) is 2.48. The summed E-state index contributed by atoms with van der Waals surface area (Å²) in [6.07, 6.45) is 3.30. The summed E-state index contributed by atoms with van der Waals surface area (Å²) in [5, 5.41) is 0. The van der Waals surface area contributed by atoms with Gasteiger partial charge >= 0.3 is 5.97 Å². The number of rotatable bonds is 7. The molecule has 0 aliphatic carbocycles. The first kappa shape index (κ1) is 24.2. The highest BCUT2D eigenvalue weighted by molar-refractivity contribution is 5.74. The first-order valence-electron chi connectivity index (χ1n) is 10.5. The summed E-state index contributed by atoms with van der Waals surface area (Å²) >= 11 is 0. The zero-order valence-electron chi connectivity index (χ0n) is 17.5. The minimum Gasteiger partial charge on any atom is -1.00 e. The summed E-state index contributed by atoms with van der Waals surface area (Å²) in [5.41, 5.74) is 5.24. The molecule has 0 saturated carbocycles. The van der Waals surface area contributed by atoms with Gasteiger partial charge in [-0.3, -0.25) is 0 Å². The highest BCUT2D eigenvalue weighted by atomic mass is 35.5. The molecule has 2 aromatic carbocycles. The fourth-order valence-electron chi connectivity index (χ4n) is 3.68. The van der Waals surface area contributed by atoms with Gasteiger partial charge in [0.15, 0.2) is 6.04 Å². The van der Waals surface area contributed by atoms with Gasteiger partial charge in [-0.25, -0.2) is 4.79 Å². The number of halogens is 1. The first-order valence-corrected chi connectivity index (χ1v) is 10.5. The van der Waals surface area contributed by atoms with E-state index in [2.05, 4.69) is 30.0 Å². The minimum absolute atomic E-state index is 0. The molecule has 0 aromatic heterocycles. The average Bonchev–Trinajstić information content (AvgIpc) is 2.78. The van der Waals surface area contributed by atoms with Crippen LogP contribution in [0.3, 0.4) is 0 Å². The van der Waals surface area contributed by atoms with Gasteiger partial charge in [0.2, 0.25) is 0 Å². The molecule has 1 fully saturated rings. The van der Waals surface area contributed by atoms with E-state index in [0.717, 1.165) is 31.4 Å². The van der Waals surface area contributed by atoms with Crippen molar-refractivity contribution in [3.8, 4) is 5.75 Å². The van der Waals surface area contributed by atoms with Crippen molar-refractivity contribution in [3.05, 3.63) is 66.2 Å². The standard InChI is InChI=1S/C24H31NO4.ClH/c1-18-23(27-17-9-12-19-10-4-2-5-11-19)22(29-20-13-6-3-7-14-20)16-8-15-21(25)24(26)28-18;/h2-7,10-11,13-14,18,21-23H,8-9,12,15-17,25H2,1H3;1H/t18-,21-,22-,23-;/m0./s1. The Morgan fingerprint density at radius 2 is 1.70 bits per heavy atom. The van der Waals surface area contributed by atoms with Gasteiger partial charge in [-0.2, -0.15) is 0 Å². The maximum Gasteiger partial charge on any atom is 0.365 e. The zero-order chi connectivity index (χ0) is 20.5. The van der Waals surface area contributed by atoms with Crippen molar-refractivity contribution in [1.82, 2.24) is 0 Å². The van der Waals surface area contributed by atoms with Crippen LogP contribution in [0, 0.1) is 0 Å². The van der Waals surface area contributed by atoms with Gasteiger partial charge in [-0.15, -0.1) is 0 Å². The number of benzene rings is 2. The molecule has 3 rings (SSSR count). The van der Waals surface area contributed by atoms with Crippen LogP contribution in [0.4, 0.5) is 0 Å². The van der Waals surface area contributed by atoms with E-state index in [4.69, 9.17) is 14.2 Å². The second-order valence-electron chi connectivity index (χ2n) is 7.66. The minimum atomic E-state index is -0.393. The van der Waals surface area contributed by atoms with E-state index in [9.17, 15) is 4.79 Å². The Morgan fingerprint density at radius 3 is 2.40 bits per heavy atom.